The Morgan fingerprint density at radius 1 is 1.21 bits per heavy atom. The van der Waals surface area contributed by atoms with E-state index in [4.69, 9.17) is 0 Å². The monoisotopic (exact) mass is 311 g/mol. The highest BCUT2D eigenvalue weighted by Gasteiger charge is 2.51. The molecule has 0 unspecified atom stereocenters. The normalized spacial score (nSPS) is 28.2. The van der Waals surface area contributed by atoms with E-state index in [-0.39, 0.29) is 43.4 Å². The molecule has 0 atom stereocenters. The average molecular weight is 311 g/mol. The van der Waals surface area contributed by atoms with Crippen LogP contribution in [0.5, 0.6) is 0 Å². The van der Waals surface area contributed by atoms with Gasteiger partial charge in [0.25, 0.3) is 0 Å². The molecule has 0 saturated carbocycles. The second kappa shape index (κ2) is 4.68. The fourth-order valence-corrected chi connectivity index (χ4v) is 6.34. The standard InChI is InChI=1S/C11H21NO5S2/c1-9(2)11(13)7-12(8-11)19(16,17)10-3-5-18(14,15)6-4-10/h9-10,13H,3-8H2,1-2H3. The Kier molecular flexibility index (Phi) is 3.75. The highest BCUT2D eigenvalue weighted by atomic mass is 32.2. The van der Waals surface area contributed by atoms with Gasteiger partial charge in [0.2, 0.25) is 10.0 Å². The van der Waals surface area contributed by atoms with E-state index in [1.54, 1.807) is 0 Å². The molecular weight excluding hydrogens is 290 g/mol. The first-order chi connectivity index (χ1) is 8.57. The first-order valence-electron chi connectivity index (χ1n) is 6.49. The minimum absolute atomic E-state index is 0.00526. The lowest BCUT2D eigenvalue weighted by Crippen LogP contribution is -2.67. The number of hydrogen-bond donors (Lipinski definition) is 1. The van der Waals surface area contributed by atoms with E-state index in [1.165, 1.54) is 4.31 Å². The first-order valence-corrected chi connectivity index (χ1v) is 9.81. The maximum absolute atomic E-state index is 12.3. The van der Waals surface area contributed by atoms with E-state index < -0.39 is 30.7 Å². The fourth-order valence-electron chi connectivity index (χ4n) is 2.49. The molecule has 112 valence electrons. The molecule has 8 heteroatoms. The largest absolute Gasteiger partial charge is 0.387 e. The Morgan fingerprint density at radius 3 is 2.11 bits per heavy atom. The van der Waals surface area contributed by atoms with Crippen LogP contribution in [0.4, 0.5) is 0 Å². The van der Waals surface area contributed by atoms with Crippen LogP contribution in [0.25, 0.3) is 0 Å². The third-order valence-electron chi connectivity index (χ3n) is 4.26. The predicted octanol–water partition coefficient (Wildman–Crippen LogP) is -0.404. The zero-order valence-corrected chi connectivity index (χ0v) is 12.9. The van der Waals surface area contributed by atoms with E-state index >= 15 is 0 Å². The van der Waals surface area contributed by atoms with Gasteiger partial charge in [-0.1, -0.05) is 13.8 Å². The molecule has 0 amide bonds. The molecule has 1 N–H and O–H groups in total. The van der Waals surface area contributed by atoms with Gasteiger partial charge >= 0.3 is 0 Å². The lowest BCUT2D eigenvalue weighted by molar-refractivity contribution is -0.0935. The lowest BCUT2D eigenvalue weighted by atomic mass is 9.85. The zero-order chi connectivity index (χ0) is 14.5. The molecule has 0 aromatic rings. The van der Waals surface area contributed by atoms with Crippen molar-refractivity contribution < 1.29 is 21.9 Å². The van der Waals surface area contributed by atoms with Crippen molar-refractivity contribution in [1.29, 1.82) is 0 Å². The molecule has 19 heavy (non-hydrogen) atoms. The second-order valence-electron chi connectivity index (χ2n) is 5.92. The molecule has 0 bridgehead atoms. The van der Waals surface area contributed by atoms with Crippen molar-refractivity contribution in [3.05, 3.63) is 0 Å². The SMILES string of the molecule is CC(C)C1(O)CN(S(=O)(=O)C2CCS(=O)(=O)CC2)C1. The quantitative estimate of drug-likeness (QED) is 0.765. The van der Waals surface area contributed by atoms with E-state index in [0.717, 1.165) is 0 Å². The number of sulfone groups is 1. The number of rotatable bonds is 3. The third-order valence-corrected chi connectivity index (χ3v) is 8.27. The Balaban J connectivity index is 2.02. The van der Waals surface area contributed by atoms with Gasteiger partial charge in [-0.2, -0.15) is 4.31 Å². The zero-order valence-electron chi connectivity index (χ0n) is 11.2. The van der Waals surface area contributed by atoms with E-state index in [1.807, 2.05) is 13.8 Å². The Labute approximate surface area is 114 Å². The van der Waals surface area contributed by atoms with Crippen LogP contribution in [0.15, 0.2) is 0 Å². The topological polar surface area (TPSA) is 91.8 Å². The minimum atomic E-state index is -3.47. The molecule has 2 aliphatic rings. The number of sulfonamides is 1. The molecule has 2 aliphatic heterocycles. The van der Waals surface area contributed by atoms with E-state index in [2.05, 4.69) is 0 Å². The molecule has 2 rings (SSSR count). The number of β-amino-alcohol motifs (C(OH)–C–C–N with tert-alkyl or cyclic N) is 1. The van der Waals surface area contributed by atoms with Crippen LogP contribution in [0.2, 0.25) is 0 Å². The Hall–Kier alpha value is -0.180. The first kappa shape index (κ1) is 15.2. The smallest absolute Gasteiger partial charge is 0.217 e. The maximum atomic E-state index is 12.3. The summed E-state index contributed by atoms with van der Waals surface area (Å²) in [5.74, 6) is -0.107. The summed E-state index contributed by atoms with van der Waals surface area (Å²) in [6.45, 7) is 3.96. The van der Waals surface area contributed by atoms with Gasteiger partial charge in [-0.05, 0) is 18.8 Å². The summed E-state index contributed by atoms with van der Waals surface area (Å²) in [4.78, 5) is 0. The highest BCUT2D eigenvalue weighted by molar-refractivity contribution is 7.92. The molecule has 0 aromatic carbocycles. The van der Waals surface area contributed by atoms with Crippen molar-refractivity contribution in [2.45, 2.75) is 37.5 Å². The summed E-state index contributed by atoms with van der Waals surface area (Å²) in [5.41, 5.74) is -0.937. The summed E-state index contributed by atoms with van der Waals surface area (Å²) in [7, 11) is -6.53. The molecular formula is C11H21NO5S2. The van der Waals surface area contributed by atoms with Gasteiger partial charge in [-0.25, -0.2) is 16.8 Å². The summed E-state index contributed by atoms with van der Waals surface area (Å²) in [5, 5.41) is 9.48. The summed E-state index contributed by atoms with van der Waals surface area (Å²) >= 11 is 0. The average Bonchev–Trinajstić information content (AvgIpc) is 2.23. The summed E-state index contributed by atoms with van der Waals surface area (Å²) in [6.07, 6.45) is 0.336. The van der Waals surface area contributed by atoms with Crippen molar-refractivity contribution in [3.63, 3.8) is 0 Å². The fraction of sp³-hybridized carbons (Fsp3) is 1.00. The van der Waals surface area contributed by atoms with Crippen molar-refractivity contribution in [3.8, 4) is 0 Å². The van der Waals surface area contributed by atoms with Crippen LogP contribution in [-0.4, -0.2) is 61.7 Å². The molecule has 0 radical (unpaired) electrons. The van der Waals surface area contributed by atoms with Gasteiger partial charge in [-0.3, -0.25) is 0 Å². The lowest BCUT2D eigenvalue weighted by Gasteiger charge is -2.49. The van der Waals surface area contributed by atoms with Crippen LogP contribution >= 0.6 is 0 Å². The molecule has 2 fully saturated rings. The van der Waals surface area contributed by atoms with Gasteiger partial charge in [-0.15, -0.1) is 0 Å². The Bertz CT molecular complexity index is 532. The molecule has 0 aromatic heterocycles. The van der Waals surface area contributed by atoms with Crippen molar-refractivity contribution >= 4 is 19.9 Å². The van der Waals surface area contributed by atoms with Crippen LogP contribution in [0, 0.1) is 5.92 Å². The third kappa shape index (κ3) is 2.81. The predicted molar refractivity (Wildman–Crippen MR) is 72.0 cm³/mol. The van der Waals surface area contributed by atoms with Crippen molar-refractivity contribution in [2.24, 2.45) is 5.92 Å². The highest BCUT2D eigenvalue weighted by Crippen LogP contribution is 2.34. The van der Waals surface area contributed by atoms with E-state index in [9.17, 15) is 21.9 Å². The van der Waals surface area contributed by atoms with Gasteiger partial charge in [0.15, 0.2) is 0 Å². The maximum Gasteiger partial charge on any atom is 0.217 e. The summed E-state index contributed by atoms with van der Waals surface area (Å²) in [6, 6.07) is 0. The molecule has 2 heterocycles. The van der Waals surface area contributed by atoms with Crippen molar-refractivity contribution in [2.75, 3.05) is 24.6 Å². The second-order valence-corrected chi connectivity index (χ2v) is 10.4. The van der Waals surface area contributed by atoms with Gasteiger partial charge in [0, 0.05) is 13.1 Å². The van der Waals surface area contributed by atoms with Crippen LogP contribution in [-0.2, 0) is 19.9 Å². The molecule has 0 aliphatic carbocycles. The van der Waals surface area contributed by atoms with Gasteiger partial charge in [0.1, 0.15) is 9.84 Å². The Morgan fingerprint density at radius 2 is 1.68 bits per heavy atom. The van der Waals surface area contributed by atoms with Crippen LogP contribution < -0.4 is 0 Å². The molecule has 2 saturated heterocycles. The van der Waals surface area contributed by atoms with E-state index in [0.29, 0.717) is 0 Å². The number of aliphatic hydroxyl groups is 1. The van der Waals surface area contributed by atoms with Crippen LogP contribution in [0.3, 0.4) is 0 Å². The molecule has 0 spiro atoms. The minimum Gasteiger partial charge on any atom is -0.387 e. The van der Waals surface area contributed by atoms with Gasteiger partial charge < -0.3 is 5.11 Å². The van der Waals surface area contributed by atoms with Crippen LogP contribution in [0.1, 0.15) is 26.7 Å². The molecule has 6 nitrogen and oxygen atoms in total. The summed E-state index contributed by atoms with van der Waals surface area (Å²) < 4.78 is 48.5. The number of nitrogens with zero attached hydrogens (tertiary/aromatic N) is 1. The van der Waals surface area contributed by atoms with Gasteiger partial charge in [0.05, 0.1) is 22.4 Å². The number of hydrogen-bond acceptors (Lipinski definition) is 5. The van der Waals surface area contributed by atoms with Crippen molar-refractivity contribution in [1.82, 2.24) is 4.31 Å².